The van der Waals surface area contributed by atoms with Crippen molar-refractivity contribution in [3.63, 3.8) is 0 Å². The number of hydrogen-bond acceptors (Lipinski definition) is 4. The molecule has 54 heavy (non-hydrogen) atoms. The van der Waals surface area contributed by atoms with Gasteiger partial charge in [-0.25, -0.2) is 0 Å². The predicted molar refractivity (Wildman–Crippen MR) is 219 cm³/mol. The van der Waals surface area contributed by atoms with Gasteiger partial charge in [0.05, 0.1) is 0 Å². The van der Waals surface area contributed by atoms with Crippen LogP contribution in [0.5, 0.6) is 11.5 Å². The summed E-state index contributed by atoms with van der Waals surface area (Å²) in [4.78, 5) is 0. The van der Waals surface area contributed by atoms with Crippen LogP contribution in [0.1, 0.15) is 22.3 Å². The normalized spacial score (nSPS) is 11.8. The van der Waals surface area contributed by atoms with Crippen molar-refractivity contribution < 1.29 is 18.9 Å². The highest BCUT2D eigenvalue weighted by molar-refractivity contribution is 6.09. The first-order valence-electron chi connectivity index (χ1n) is 18.3. The Morgan fingerprint density at radius 3 is 0.944 bits per heavy atom. The summed E-state index contributed by atoms with van der Waals surface area (Å²) in [5, 5.41) is 4.32. The molecule has 0 amide bonds. The molecule has 0 radical (unpaired) electrons. The largest absolute Gasteiger partial charge is 0.489 e. The second-order valence-corrected chi connectivity index (χ2v) is 13.4. The molecule has 4 nitrogen and oxygen atoms in total. The Morgan fingerprint density at radius 2 is 0.630 bits per heavy atom. The molecule has 8 aromatic carbocycles. The molecule has 4 heteroatoms. The lowest BCUT2D eigenvalue weighted by Gasteiger charge is -2.34. The summed E-state index contributed by atoms with van der Waals surface area (Å²) in [7, 11) is 3.51. The molecular formula is C50H42O4. The maximum atomic E-state index is 7.07. The number of rotatable bonds is 13. The SMILES string of the molecule is COC(COc1ccc2ccccc2c1-c1c(OCC(OC)(c2ccccc2)c2ccccc2)ccc2ccccc12)(c1ccccc1)c1ccccc1. The monoisotopic (exact) mass is 706 g/mol. The van der Waals surface area contributed by atoms with Crippen LogP contribution in [-0.2, 0) is 20.7 Å². The predicted octanol–water partition coefficient (Wildman–Crippen LogP) is 11.6. The van der Waals surface area contributed by atoms with E-state index in [4.69, 9.17) is 18.9 Å². The highest BCUT2D eigenvalue weighted by Crippen LogP contribution is 2.47. The summed E-state index contributed by atoms with van der Waals surface area (Å²) >= 11 is 0. The van der Waals surface area contributed by atoms with Crippen LogP contribution in [0, 0.1) is 0 Å². The molecule has 0 aliphatic rings. The van der Waals surface area contributed by atoms with Crippen molar-refractivity contribution in [3.05, 3.63) is 216 Å². The van der Waals surface area contributed by atoms with E-state index in [9.17, 15) is 0 Å². The number of fused-ring (bicyclic) bond motifs is 2. The van der Waals surface area contributed by atoms with E-state index in [0.29, 0.717) is 0 Å². The van der Waals surface area contributed by atoms with Gasteiger partial charge in [-0.2, -0.15) is 0 Å². The fourth-order valence-electron chi connectivity index (χ4n) is 7.70. The minimum Gasteiger partial charge on any atom is -0.489 e. The molecule has 0 bridgehead atoms. The van der Waals surface area contributed by atoms with Crippen molar-refractivity contribution >= 4 is 21.5 Å². The third-order valence-electron chi connectivity index (χ3n) is 10.6. The second kappa shape index (κ2) is 15.4. The van der Waals surface area contributed by atoms with E-state index in [-0.39, 0.29) is 13.2 Å². The maximum absolute atomic E-state index is 7.07. The molecule has 0 heterocycles. The molecule has 0 fully saturated rings. The lowest BCUT2D eigenvalue weighted by molar-refractivity contribution is -0.0164. The average molecular weight is 707 g/mol. The number of benzene rings is 8. The van der Waals surface area contributed by atoms with Crippen LogP contribution in [0.3, 0.4) is 0 Å². The van der Waals surface area contributed by atoms with Gasteiger partial charge in [0.1, 0.15) is 24.7 Å². The van der Waals surface area contributed by atoms with E-state index < -0.39 is 11.2 Å². The lowest BCUT2D eigenvalue weighted by Crippen LogP contribution is -2.37. The molecule has 0 aliphatic heterocycles. The van der Waals surface area contributed by atoms with Crippen LogP contribution in [0.25, 0.3) is 32.7 Å². The van der Waals surface area contributed by atoms with Crippen LogP contribution in [0.15, 0.2) is 194 Å². The molecule has 8 aromatic rings. The average Bonchev–Trinajstić information content (AvgIpc) is 3.26. The van der Waals surface area contributed by atoms with Gasteiger partial charge in [0.2, 0.25) is 0 Å². The Bertz CT molecular complexity index is 2210. The minimum absolute atomic E-state index is 0.235. The molecule has 0 saturated heterocycles. The summed E-state index contributed by atoms with van der Waals surface area (Å²) in [6.07, 6.45) is 0. The zero-order chi connectivity index (χ0) is 36.8. The van der Waals surface area contributed by atoms with Crippen molar-refractivity contribution in [2.75, 3.05) is 27.4 Å². The quantitative estimate of drug-likeness (QED) is 0.120. The van der Waals surface area contributed by atoms with Gasteiger partial charge in [0, 0.05) is 25.3 Å². The highest BCUT2D eigenvalue weighted by Gasteiger charge is 2.37. The van der Waals surface area contributed by atoms with Gasteiger partial charge in [-0.3, -0.25) is 0 Å². The van der Waals surface area contributed by atoms with E-state index in [2.05, 4.69) is 121 Å². The molecule has 0 aliphatic carbocycles. The summed E-state index contributed by atoms with van der Waals surface area (Å²) < 4.78 is 27.1. The summed E-state index contributed by atoms with van der Waals surface area (Å²) in [6.45, 7) is 0.469. The summed E-state index contributed by atoms with van der Waals surface area (Å²) in [5.41, 5.74) is 4.20. The molecule has 0 aromatic heterocycles. The maximum Gasteiger partial charge on any atom is 0.152 e. The van der Waals surface area contributed by atoms with Gasteiger partial charge in [-0.05, 0) is 55.9 Å². The Balaban J connectivity index is 1.30. The molecular weight excluding hydrogens is 665 g/mol. The van der Waals surface area contributed by atoms with Crippen molar-refractivity contribution in [3.8, 4) is 22.6 Å². The molecule has 0 saturated carbocycles. The van der Waals surface area contributed by atoms with Crippen molar-refractivity contribution in [2.45, 2.75) is 11.2 Å². The number of ether oxygens (including phenoxy) is 4. The Hall–Kier alpha value is -6.20. The van der Waals surface area contributed by atoms with E-state index in [1.807, 2.05) is 72.8 Å². The van der Waals surface area contributed by atoms with Crippen molar-refractivity contribution in [1.82, 2.24) is 0 Å². The van der Waals surface area contributed by atoms with Gasteiger partial charge in [-0.15, -0.1) is 0 Å². The second-order valence-electron chi connectivity index (χ2n) is 13.4. The number of hydrogen-bond donors (Lipinski definition) is 0. The van der Waals surface area contributed by atoms with E-state index in [0.717, 1.165) is 66.4 Å². The minimum atomic E-state index is -0.868. The van der Waals surface area contributed by atoms with E-state index in [1.165, 1.54) is 0 Å². The third-order valence-corrected chi connectivity index (χ3v) is 10.6. The van der Waals surface area contributed by atoms with Crippen molar-refractivity contribution in [1.29, 1.82) is 0 Å². The first-order valence-corrected chi connectivity index (χ1v) is 18.3. The topological polar surface area (TPSA) is 36.9 Å². The molecule has 266 valence electrons. The molecule has 0 spiro atoms. The summed E-state index contributed by atoms with van der Waals surface area (Å²) in [6, 6.07) is 66.5. The first-order chi connectivity index (χ1) is 26.7. The standard InChI is InChI=1S/C50H42O4/c1-51-49(39-21-7-3-8-22-39,40-23-9-4-10-24-40)35-53-45-33-31-37-19-15-17-29-43(37)47(45)48-44-30-18-16-20-38(44)32-34-46(48)54-36-50(52-2,41-25-11-5-12-26-41)42-27-13-6-14-28-42/h3-34H,35-36H2,1-2H3. The Labute approximate surface area is 317 Å². The van der Waals surface area contributed by atoms with Crippen LogP contribution >= 0.6 is 0 Å². The molecule has 0 atom stereocenters. The van der Waals surface area contributed by atoms with Crippen molar-refractivity contribution in [2.24, 2.45) is 0 Å². The first kappa shape index (κ1) is 34.9. The van der Waals surface area contributed by atoms with Gasteiger partial charge < -0.3 is 18.9 Å². The number of methoxy groups -OCH3 is 2. The van der Waals surface area contributed by atoms with Gasteiger partial charge in [-0.1, -0.05) is 182 Å². The van der Waals surface area contributed by atoms with Crippen LogP contribution in [-0.4, -0.2) is 27.4 Å². The fourth-order valence-corrected chi connectivity index (χ4v) is 7.70. The smallest absolute Gasteiger partial charge is 0.152 e. The van der Waals surface area contributed by atoms with E-state index >= 15 is 0 Å². The van der Waals surface area contributed by atoms with Crippen LogP contribution in [0.2, 0.25) is 0 Å². The van der Waals surface area contributed by atoms with E-state index in [1.54, 1.807) is 14.2 Å². The van der Waals surface area contributed by atoms with Crippen LogP contribution < -0.4 is 9.47 Å². The Morgan fingerprint density at radius 1 is 0.333 bits per heavy atom. The van der Waals surface area contributed by atoms with Gasteiger partial charge >= 0.3 is 0 Å². The lowest BCUT2D eigenvalue weighted by atomic mass is 9.86. The highest BCUT2D eigenvalue weighted by atomic mass is 16.5. The zero-order valence-corrected chi connectivity index (χ0v) is 30.5. The molecule has 0 unspecified atom stereocenters. The van der Waals surface area contributed by atoms with Gasteiger partial charge in [0.25, 0.3) is 0 Å². The molecule has 8 rings (SSSR count). The van der Waals surface area contributed by atoms with Gasteiger partial charge in [0.15, 0.2) is 11.2 Å². The Kier molecular flexibility index (Phi) is 9.95. The zero-order valence-electron chi connectivity index (χ0n) is 30.5. The molecule has 0 N–H and O–H groups in total. The van der Waals surface area contributed by atoms with Crippen LogP contribution in [0.4, 0.5) is 0 Å². The third kappa shape index (κ3) is 6.40. The summed E-state index contributed by atoms with van der Waals surface area (Å²) in [5.74, 6) is 1.46. The fraction of sp³-hybridized carbons (Fsp3) is 0.120.